The minimum Gasteiger partial charge on any atom is -0.508 e. The number of hydrogen-bond acceptors (Lipinski definition) is 7. The number of aliphatic hydroxyl groups is 3. The number of fused-ring (bicyclic) bond motifs is 3. The van der Waals surface area contributed by atoms with Gasteiger partial charge in [0.25, 0.3) is 0 Å². The highest BCUT2D eigenvalue weighted by molar-refractivity contribution is 5.36. The number of nitrogens with one attached hydrogen (secondary N) is 1. The molecule has 8 nitrogen and oxygen atoms in total. The minimum absolute atomic E-state index is 0.0315. The predicted molar refractivity (Wildman–Crippen MR) is 187 cm³/mol. The van der Waals surface area contributed by atoms with Crippen LogP contribution in [0.25, 0.3) is 0 Å². The fraction of sp³-hybridized carbons (Fsp3) is 0.550. The van der Waals surface area contributed by atoms with E-state index in [0.29, 0.717) is 36.8 Å². The fourth-order valence-corrected chi connectivity index (χ4v) is 8.40. The summed E-state index contributed by atoms with van der Waals surface area (Å²) in [6.07, 6.45) is 7.12. The molecule has 4 aliphatic rings. The second kappa shape index (κ2) is 15.7. The van der Waals surface area contributed by atoms with Gasteiger partial charge in [-0.05, 0) is 73.1 Å². The molecule has 4 fully saturated rings. The lowest BCUT2D eigenvalue weighted by atomic mass is 9.80. The number of aliphatic hydroxyl groups excluding tert-OH is 2. The Morgan fingerprint density at radius 2 is 1.69 bits per heavy atom. The van der Waals surface area contributed by atoms with Crippen LogP contribution in [0.15, 0.2) is 72.8 Å². The van der Waals surface area contributed by atoms with E-state index in [4.69, 9.17) is 9.47 Å². The van der Waals surface area contributed by atoms with Crippen LogP contribution < -0.4 is 10.1 Å². The first-order chi connectivity index (χ1) is 23.3. The molecule has 1 saturated carbocycles. The van der Waals surface area contributed by atoms with Crippen LogP contribution in [0.3, 0.4) is 0 Å². The summed E-state index contributed by atoms with van der Waals surface area (Å²) >= 11 is 0. The zero-order valence-electron chi connectivity index (χ0n) is 28.5. The smallest absolute Gasteiger partial charge is 0.137 e. The number of ether oxygens (including phenoxy) is 2. The SMILES string of the molecule is C[C@H](Cc1ccc(OCC[N+]23CCC(CC2)[C@@H](OC[C@@](O)(c2ccccc2)C2CCCC2)C3)cc1)NC[C@H](O)c1ccc(O)c(CO)c1. The van der Waals surface area contributed by atoms with Gasteiger partial charge in [0.05, 0.1) is 32.4 Å². The van der Waals surface area contributed by atoms with Crippen molar-refractivity contribution in [2.45, 2.75) is 82.3 Å². The molecular formula is C40H55N2O6+. The Bertz CT molecular complexity index is 1440. The summed E-state index contributed by atoms with van der Waals surface area (Å²) in [6.45, 7) is 7.55. The monoisotopic (exact) mass is 659 g/mol. The third kappa shape index (κ3) is 8.24. The molecule has 7 rings (SSSR count). The normalized spacial score (nSPS) is 25.1. The lowest BCUT2D eigenvalue weighted by Gasteiger charge is -2.52. The van der Waals surface area contributed by atoms with Gasteiger partial charge in [0.15, 0.2) is 0 Å². The van der Waals surface area contributed by atoms with Gasteiger partial charge in [-0.25, -0.2) is 0 Å². The Morgan fingerprint density at radius 3 is 2.40 bits per heavy atom. The zero-order valence-corrected chi connectivity index (χ0v) is 28.5. The maximum absolute atomic E-state index is 12.0. The van der Waals surface area contributed by atoms with Crippen LogP contribution in [0.2, 0.25) is 0 Å². The van der Waals surface area contributed by atoms with Crippen LogP contribution in [-0.2, 0) is 23.4 Å². The van der Waals surface area contributed by atoms with E-state index in [9.17, 15) is 20.4 Å². The van der Waals surface area contributed by atoms with Crippen LogP contribution in [0, 0.1) is 11.8 Å². The first-order valence-corrected chi connectivity index (χ1v) is 18.1. The number of phenols is 1. The molecule has 3 aromatic rings. The number of rotatable bonds is 16. The number of aromatic hydroxyl groups is 1. The quantitative estimate of drug-likeness (QED) is 0.134. The molecule has 4 atom stereocenters. The van der Waals surface area contributed by atoms with Crippen molar-refractivity contribution >= 4 is 0 Å². The summed E-state index contributed by atoms with van der Waals surface area (Å²) in [4.78, 5) is 0. The van der Waals surface area contributed by atoms with Crippen molar-refractivity contribution in [3.8, 4) is 11.5 Å². The standard InChI is InChI=1S/C40H54N2O6/c1-29(41-25-38(45)32-13-16-37(44)33(24-32)27-43)23-30-11-14-36(15-12-30)47-22-21-42-19-17-31(18-20-42)39(26-42)48-28-40(46,35-9-5-6-10-35)34-7-3-2-4-8-34/h2-4,7-8,11-16,24,29,31,35,38-39,41,43,45-46H,5-6,9-10,17-23,25-28H2,1H3/p+1/t29-,31?,38+,39+,40-,42?/m1/s1. The van der Waals surface area contributed by atoms with Crippen LogP contribution in [0.1, 0.15) is 73.8 Å². The van der Waals surface area contributed by atoms with Gasteiger partial charge in [-0.3, -0.25) is 0 Å². The van der Waals surface area contributed by atoms with Gasteiger partial charge >= 0.3 is 0 Å². The zero-order chi connectivity index (χ0) is 33.6. The van der Waals surface area contributed by atoms with Crippen LogP contribution in [0.5, 0.6) is 11.5 Å². The second-order valence-electron chi connectivity index (χ2n) is 14.7. The lowest BCUT2D eigenvalue weighted by molar-refractivity contribution is -0.946. The second-order valence-corrected chi connectivity index (χ2v) is 14.7. The Hall–Kier alpha value is -2.98. The van der Waals surface area contributed by atoms with Gasteiger partial charge in [0.1, 0.15) is 42.9 Å². The van der Waals surface area contributed by atoms with Crippen molar-refractivity contribution in [3.63, 3.8) is 0 Å². The van der Waals surface area contributed by atoms with Gasteiger partial charge in [0.2, 0.25) is 0 Å². The van der Waals surface area contributed by atoms with E-state index in [1.807, 2.05) is 30.3 Å². The molecule has 48 heavy (non-hydrogen) atoms. The summed E-state index contributed by atoms with van der Waals surface area (Å²) in [6, 6.07) is 23.5. The molecule has 2 bridgehead atoms. The number of piperidine rings is 3. The van der Waals surface area contributed by atoms with Gasteiger partial charge in [-0.15, -0.1) is 0 Å². The Balaban J connectivity index is 0.956. The van der Waals surface area contributed by atoms with Gasteiger partial charge in [0, 0.05) is 36.9 Å². The van der Waals surface area contributed by atoms with Gasteiger partial charge in [-0.2, -0.15) is 0 Å². The van der Waals surface area contributed by atoms with Crippen LogP contribution in [0.4, 0.5) is 0 Å². The summed E-state index contributed by atoms with van der Waals surface area (Å²) in [5, 5.41) is 45.2. The van der Waals surface area contributed by atoms with E-state index in [-0.39, 0.29) is 30.4 Å². The molecule has 0 unspecified atom stereocenters. The number of hydrogen-bond donors (Lipinski definition) is 5. The van der Waals surface area contributed by atoms with E-state index in [1.54, 1.807) is 12.1 Å². The molecule has 0 aromatic heterocycles. The van der Waals surface area contributed by atoms with Crippen molar-refractivity contribution in [3.05, 3.63) is 95.1 Å². The van der Waals surface area contributed by atoms with Crippen LogP contribution >= 0.6 is 0 Å². The van der Waals surface area contributed by atoms with E-state index < -0.39 is 11.7 Å². The Morgan fingerprint density at radius 1 is 0.958 bits per heavy atom. The average molecular weight is 660 g/mol. The molecule has 3 heterocycles. The largest absolute Gasteiger partial charge is 0.508 e. The third-order valence-electron chi connectivity index (χ3n) is 11.5. The van der Waals surface area contributed by atoms with Crippen LogP contribution in [-0.4, -0.2) is 83.0 Å². The topological polar surface area (TPSA) is 111 Å². The average Bonchev–Trinajstić information content (AvgIpc) is 3.68. The molecule has 3 aromatic carbocycles. The fourth-order valence-electron chi connectivity index (χ4n) is 8.40. The van der Waals surface area contributed by atoms with Gasteiger partial charge < -0.3 is 39.7 Å². The highest BCUT2D eigenvalue weighted by Crippen LogP contribution is 2.42. The maximum Gasteiger partial charge on any atom is 0.137 e. The molecule has 5 N–H and O–H groups in total. The minimum atomic E-state index is -0.919. The molecular weight excluding hydrogens is 604 g/mol. The van der Waals surface area contributed by atoms with Crippen molar-refractivity contribution in [1.82, 2.24) is 5.32 Å². The third-order valence-corrected chi connectivity index (χ3v) is 11.5. The highest BCUT2D eigenvalue weighted by atomic mass is 16.5. The first kappa shape index (κ1) is 34.9. The van der Waals surface area contributed by atoms with E-state index in [2.05, 4.69) is 36.5 Å². The summed E-state index contributed by atoms with van der Waals surface area (Å²) in [7, 11) is 0. The molecule has 8 heteroatoms. The molecule has 0 radical (unpaired) electrons. The first-order valence-electron chi connectivity index (χ1n) is 18.1. The number of benzene rings is 3. The lowest BCUT2D eigenvalue weighted by Crippen LogP contribution is -2.65. The van der Waals surface area contributed by atoms with Crippen molar-refractivity contribution in [1.29, 1.82) is 0 Å². The van der Waals surface area contributed by atoms with Crippen molar-refractivity contribution in [2.24, 2.45) is 11.8 Å². The summed E-state index contributed by atoms with van der Waals surface area (Å²) in [5.74, 6) is 1.75. The van der Waals surface area contributed by atoms with E-state index in [1.165, 1.54) is 50.4 Å². The molecule has 3 saturated heterocycles. The van der Waals surface area contributed by atoms with E-state index >= 15 is 0 Å². The number of quaternary nitrogens is 1. The Labute approximate surface area is 285 Å². The van der Waals surface area contributed by atoms with E-state index in [0.717, 1.165) is 48.1 Å². The molecule has 0 amide bonds. The summed E-state index contributed by atoms with van der Waals surface area (Å²) in [5.41, 5.74) is 2.34. The predicted octanol–water partition coefficient (Wildman–Crippen LogP) is 5.22. The molecule has 260 valence electrons. The highest BCUT2D eigenvalue weighted by Gasteiger charge is 2.48. The summed E-state index contributed by atoms with van der Waals surface area (Å²) < 4.78 is 14.0. The molecule has 0 spiro atoms. The molecule has 1 aliphatic carbocycles. The van der Waals surface area contributed by atoms with Crippen molar-refractivity contribution in [2.75, 3.05) is 45.9 Å². The number of nitrogens with zero attached hydrogens (tertiary/aromatic N) is 1. The van der Waals surface area contributed by atoms with Crippen molar-refractivity contribution < 1.29 is 34.4 Å². The molecule has 3 aliphatic heterocycles. The Kier molecular flexibility index (Phi) is 11.4. The van der Waals surface area contributed by atoms with Gasteiger partial charge in [-0.1, -0.05) is 61.4 Å². The maximum atomic E-state index is 12.0.